The van der Waals surface area contributed by atoms with Crippen LogP contribution in [0.25, 0.3) is 0 Å². The van der Waals surface area contributed by atoms with Crippen LogP contribution < -0.4 is 4.72 Å². The molecule has 1 rings (SSSR count). The monoisotopic (exact) mass is 314 g/mol. The van der Waals surface area contributed by atoms with Gasteiger partial charge in [-0.1, -0.05) is 6.07 Å². The van der Waals surface area contributed by atoms with E-state index in [0.29, 0.717) is 6.54 Å². The van der Waals surface area contributed by atoms with Gasteiger partial charge >= 0.3 is 5.97 Å². The Balaban J connectivity index is 2.93. The van der Waals surface area contributed by atoms with Crippen LogP contribution in [-0.2, 0) is 14.8 Å². The van der Waals surface area contributed by atoms with Gasteiger partial charge in [-0.15, -0.1) is 0 Å². The Morgan fingerprint density at radius 1 is 1.33 bits per heavy atom. The fraction of sp³-hybridized carbons (Fsp3) is 0.385. The van der Waals surface area contributed by atoms with Gasteiger partial charge < -0.3 is 10.0 Å². The molecule has 1 aromatic carbocycles. The second-order valence-electron chi connectivity index (χ2n) is 4.39. The van der Waals surface area contributed by atoms with Crippen molar-refractivity contribution in [3.05, 3.63) is 29.8 Å². The number of carboxylic acid groups (broad SMARTS) is 1. The SMILES string of the molecule is CCN(C)C(=O)c1cccc(S(=O)(=O)NCCC(=O)O)c1. The highest BCUT2D eigenvalue weighted by Crippen LogP contribution is 2.13. The lowest BCUT2D eigenvalue weighted by atomic mass is 10.2. The van der Waals surface area contributed by atoms with Crippen molar-refractivity contribution in [3.63, 3.8) is 0 Å². The molecule has 0 saturated carbocycles. The van der Waals surface area contributed by atoms with E-state index in [9.17, 15) is 18.0 Å². The smallest absolute Gasteiger partial charge is 0.304 e. The van der Waals surface area contributed by atoms with E-state index in [4.69, 9.17) is 5.11 Å². The maximum atomic E-state index is 12.0. The van der Waals surface area contributed by atoms with Gasteiger partial charge in [0.15, 0.2) is 0 Å². The lowest BCUT2D eigenvalue weighted by Gasteiger charge is -2.15. The fourth-order valence-electron chi connectivity index (χ4n) is 1.54. The molecule has 0 radical (unpaired) electrons. The molecule has 7 nitrogen and oxygen atoms in total. The van der Waals surface area contributed by atoms with Crippen LogP contribution in [-0.4, -0.2) is 50.4 Å². The first kappa shape index (κ1) is 17.1. The molecule has 0 saturated heterocycles. The first-order valence-electron chi connectivity index (χ1n) is 6.35. The van der Waals surface area contributed by atoms with Crippen LogP contribution in [0.3, 0.4) is 0 Å². The van der Waals surface area contributed by atoms with Crippen LogP contribution in [0.1, 0.15) is 23.7 Å². The summed E-state index contributed by atoms with van der Waals surface area (Å²) in [5.74, 6) is -1.37. The number of sulfonamides is 1. The van der Waals surface area contributed by atoms with Crippen molar-refractivity contribution >= 4 is 21.9 Å². The summed E-state index contributed by atoms with van der Waals surface area (Å²) >= 11 is 0. The van der Waals surface area contributed by atoms with Crippen molar-refractivity contribution in [3.8, 4) is 0 Å². The highest BCUT2D eigenvalue weighted by atomic mass is 32.2. The molecule has 0 aliphatic heterocycles. The predicted molar refractivity (Wildman–Crippen MR) is 76.5 cm³/mol. The minimum Gasteiger partial charge on any atom is -0.481 e. The molecule has 0 aliphatic rings. The molecule has 2 N–H and O–H groups in total. The Kier molecular flexibility index (Phi) is 5.86. The van der Waals surface area contributed by atoms with Gasteiger partial charge in [0.1, 0.15) is 0 Å². The summed E-state index contributed by atoms with van der Waals surface area (Å²) in [6.45, 7) is 2.11. The van der Waals surface area contributed by atoms with Crippen LogP contribution in [0.4, 0.5) is 0 Å². The van der Waals surface area contributed by atoms with Crippen molar-refractivity contribution in [2.24, 2.45) is 0 Å². The van der Waals surface area contributed by atoms with Crippen LogP contribution >= 0.6 is 0 Å². The van der Waals surface area contributed by atoms with E-state index < -0.39 is 16.0 Å². The van der Waals surface area contributed by atoms with Gasteiger partial charge in [0.05, 0.1) is 11.3 Å². The van der Waals surface area contributed by atoms with Gasteiger partial charge in [-0.3, -0.25) is 9.59 Å². The van der Waals surface area contributed by atoms with E-state index in [0.717, 1.165) is 0 Å². The van der Waals surface area contributed by atoms with E-state index in [1.807, 2.05) is 6.92 Å². The number of rotatable bonds is 7. The molecule has 0 heterocycles. The quantitative estimate of drug-likeness (QED) is 0.764. The zero-order valence-electron chi connectivity index (χ0n) is 11.9. The molecule has 8 heteroatoms. The summed E-state index contributed by atoms with van der Waals surface area (Å²) in [4.78, 5) is 23.8. The number of nitrogens with one attached hydrogen (secondary N) is 1. The van der Waals surface area contributed by atoms with Gasteiger partial charge in [-0.25, -0.2) is 13.1 Å². The van der Waals surface area contributed by atoms with Gasteiger partial charge in [-0.2, -0.15) is 0 Å². The second-order valence-corrected chi connectivity index (χ2v) is 6.16. The zero-order valence-corrected chi connectivity index (χ0v) is 12.7. The van der Waals surface area contributed by atoms with Gasteiger partial charge in [0, 0.05) is 25.7 Å². The highest BCUT2D eigenvalue weighted by molar-refractivity contribution is 7.89. The molecule has 0 bridgehead atoms. The summed E-state index contributed by atoms with van der Waals surface area (Å²) < 4.78 is 26.2. The van der Waals surface area contributed by atoms with Crippen molar-refractivity contribution < 1.29 is 23.1 Å². The number of nitrogens with zero attached hydrogens (tertiary/aromatic N) is 1. The van der Waals surface area contributed by atoms with Gasteiger partial charge in [-0.05, 0) is 25.1 Å². The topological polar surface area (TPSA) is 104 Å². The lowest BCUT2D eigenvalue weighted by molar-refractivity contribution is -0.136. The molecule has 0 aromatic heterocycles. The van der Waals surface area contributed by atoms with Crippen LogP contribution in [0, 0.1) is 0 Å². The molecular weight excluding hydrogens is 296 g/mol. The second kappa shape index (κ2) is 7.19. The molecule has 0 atom stereocenters. The number of benzene rings is 1. The number of carboxylic acids is 1. The molecule has 1 aromatic rings. The van der Waals surface area contributed by atoms with Crippen LogP contribution in [0.15, 0.2) is 29.2 Å². The van der Waals surface area contributed by atoms with Crippen molar-refractivity contribution in [2.45, 2.75) is 18.2 Å². The normalized spacial score (nSPS) is 11.1. The predicted octanol–water partition coefficient (Wildman–Crippen LogP) is 0.531. The largest absolute Gasteiger partial charge is 0.481 e. The molecule has 0 aliphatic carbocycles. The first-order valence-corrected chi connectivity index (χ1v) is 7.83. The van der Waals surface area contributed by atoms with E-state index in [1.54, 1.807) is 7.05 Å². The highest BCUT2D eigenvalue weighted by Gasteiger charge is 2.17. The standard InChI is InChI=1S/C13H18N2O5S/c1-3-15(2)13(18)10-5-4-6-11(9-10)21(19,20)14-8-7-12(16)17/h4-6,9,14H,3,7-8H2,1-2H3,(H,16,17). The number of amides is 1. The number of hydrogen-bond donors (Lipinski definition) is 2. The maximum absolute atomic E-state index is 12.0. The molecule has 1 amide bonds. The first-order chi connectivity index (χ1) is 9.77. The maximum Gasteiger partial charge on any atom is 0.304 e. The van der Waals surface area contributed by atoms with Crippen molar-refractivity contribution in [1.82, 2.24) is 9.62 Å². The Bertz CT molecular complexity index is 627. The van der Waals surface area contributed by atoms with Crippen LogP contribution in [0.5, 0.6) is 0 Å². The Morgan fingerprint density at radius 2 is 2.00 bits per heavy atom. The third-order valence-corrected chi connectivity index (χ3v) is 4.30. The van der Waals surface area contributed by atoms with Crippen LogP contribution in [0.2, 0.25) is 0 Å². The summed E-state index contributed by atoms with van der Waals surface area (Å²) in [5, 5.41) is 8.50. The summed E-state index contributed by atoms with van der Waals surface area (Å²) in [6.07, 6.45) is -0.309. The molecule has 21 heavy (non-hydrogen) atoms. The zero-order chi connectivity index (χ0) is 16.0. The van der Waals surface area contributed by atoms with Crippen molar-refractivity contribution in [2.75, 3.05) is 20.1 Å². The molecule has 116 valence electrons. The summed E-state index contributed by atoms with van der Waals surface area (Å²) in [5.41, 5.74) is 0.264. The Labute approximate surface area is 123 Å². The number of aliphatic carboxylic acids is 1. The fourth-order valence-corrected chi connectivity index (χ4v) is 2.61. The third kappa shape index (κ3) is 4.83. The molecule has 0 fully saturated rings. The van der Waals surface area contributed by atoms with E-state index in [-0.39, 0.29) is 29.3 Å². The van der Waals surface area contributed by atoms with Crippen molar-refractivity contribution in [1.29, 1.82) is 0 Å². The number of carbonyl (C=O) groups is 2. The average Bonchev–Trinajstić information content (AvgIpc) is 2.45. The summed E-state index contributed by atoms with van der Waals surface area (Å²) in [6, 6.07) is 5.64. The molecule has 0 spiro atoms. The lowest BCUT2D eigenvalue weighted by Crippen LogP contribution is -2.28. The minimum atomic E-state index is -3.83. The summed E-state index contributed by atoms with van der Waals surface area (Å²) in [7, 11) is -2.21. The number of carbonyl (C=O) groups excluding carboxylic acids is 1. The molecule has 0 unspecified atom stereocenters. The van der Waals surface area contributed by atoms with E-state index >= 15 is 0 Å². The Morgan fingerprint density at radius 3 is 2.57 bits per heavy atom. The van der Waals surface area contributed by atoms with E-state index in [2.05, 4.69) is 4.72 Å². The Hall–Kier alpha value is -1.93. The van der Waals surface area contributed by atoms with Gasteiger partial charge in [0.25, 0.3) is 5.91 Å². The molecular formula is C13H18N2O5S. The number of hydrogen-bond acceptors (Lipinski definition) is 4. The minimum absolute atomic E-state index is 0.0664. The average molecular weight is 314 g/mol. The van der Waals surface area contributed by atoms with Gasteiger partial charge in [0.2, 0.25) is 10.0 Å². The van der Waals surface area contributed by atoms with E-state index in [1.165, 1.54) is 29.2 Å². The third-order valence-electron chi connectivity index (χ3n) is 2.84.